The lowest BCUT2D eigenvalue weighted by Gasteiger charge is -2.07. The summed E-state index contributed by atoms with van der Waals surface area (Å²) >= 11 is 1.52. The molecule has 1 aromatic heterocycles. The van der Waals surface area contributed by atoms with Gasteiger partial charge in [0.15, 0.2) is 0 Å². The third-order valence-electron chi connectivity index (χ3n) is 4.05. The Kier molecular flexibility index (Phi) is 5.39. The van der Waals surface area contributed by atoms with Crippen LogP contribution in [0.4, 0.5) is 4.39 Å². The summed E-state index contributed by atoms with van der Waals surface area (Å²) in [7, 11) is 0. The van der Waals surface area contributed by atoms with Crippen LogP contribution in [0.2, 0.25) is 0 Å². The van der Waals surface area contributed by atoms with Crippen molar-refractivity contribution in [3.63, 3.8) is 0 Å². The SMILES string of the molecule is CCN=c1scc(-c2ccccc2F)n1N=C1CCCCCC1. The van der Waals surface area contributed by atoms with Crippen molar-refractivity contribution in [1.29, 1.82) is 0 Å². The molecule has 0 radical (unpaired) electrons. The van der Waals surface area contributed by atoms with Crippen molar-refractivity contribution in [2.45, 2.75) is 45.4 Å². The molecule has 0 aliphatic heterocycles. The first-order valence-electron chi connectivity index (χ1n) is 8.32. The van der Waals surface area contributed by atoms with E-state index < -0.39 is 0 Å². The molecular weight excluding hydrogens is 309 g/mol. The maximum atomic E-state index is 14.2. The van der Waals surface area contributed by atoms with Gasteiger partial charge in [-0.1, -0.05) is 25.0 Å². The highest BCUT2D eigenvalue weighted by molar-refractivity contribution is 7.07. The predicted molar refractivity (Wildman–Crippen MR) is 94.3 cm³/mol. The molecule has 122 valence electrons. The topological polar surface area (TPSA) is 29.6 Å². The third-order valence-corrected chi connectivity index (χ3v) is 4.90. The van der Waals surface area contributed by atoms with Crippen LogP contribution >= 0.6 is 11.3 Å². The summed E-state index contributed by atoms with van der Waals surface area (Å²) in [5.74, 6) is -0.219. The van der Waals surface area contributed by atoms with E-state index in [-0.39, 0.29) is 5.82 Å². The molecule has 1 fully saturated rings. The minimum atomic E-state index is -0.219. The second-order valence-corrected chi connectivity index (χ2v) is 6.59. The standard InChI is InChI=1S/C18H22FN3S/c1-2-20-18-22(21-14-9-5-3-4-6-10-14)17(13-23-18)15-11-7-8-12-16(15)19/h7-8,11-13H,2-6,9-10H2,1H3. The largest absolute Gasteiger partial charge is 0.258 e. The monoisotopic (exact) mass is 331 g/mol. The fourth-order valence-corrected chi connectivity index (χ4v) is 3.76. The molecule has 1 saturated carbocycles. The van der Waals surface area contributed by atoms with E-state index in [1.165, 1.54) is 48.8 Å². The quantitative estimate of drug-likeness (QED) is 0.721. The van der Waals surface area contributed by atoms with Crippen molar-refractivity contribution in [2.75, 3.05) is 6.54 Å². The Balaban J connectivity index is 2.10. The van der Waals surface area contributed by atoms with E-state index in [1.807, 2.05) is 23.0 Å². The van der Waals surface area contributed by atoms with Crippen LogP contribution in [0.25, 0.3) is 11.3 Å². The normalized spacial score (nSPS) is 16.4. The summed E-state index contributed by atoms with van der Waals surface area (Å²) in [5.41, 5.74) is 2.58. The van der Waals surface area contributed by atoms with Gasteiger partial charge in [-0.15, -0.1) is 11.3 Å². The minimum absolute atomic E-state index is 0.219. The fourth-order valence-electron chi connectivity index (χ4n) is 2.87. The summed E-state index contributed by atoms with van der Waals surface area (Å²) in [6.45, 7) is 2.70. The number of rotatable bonds is 3. The van der Waals surface area contributed by atoms with Crippen LogP contribution in [-0.4, -0.2) is 16.9 Å². The zero-order valence-corrected chi connectivity index (χ0v) is 14.3. The Hall–Kier alpha value is -1.75. The molecule has 0 spiro atoms. The Morgan fingerprint density at radius 2 is 1.87 bits per heavy atom. The number of thiazole rings is 1. The molecule has 0 bridgehead atoms. The molecule has 3 rings (SSSR count). The predicted octanol–water partition coefficient (Wildman–Crippen LogP) is 4.83. The van der Waals surface area contributed by atoms with Gasteiger partial charge in [0.2, 0.25) is 4.80 Å². The van der Waals surface area contributed by atoms with Gasteiger partial charge in [0.05, 0.1) is 5.69 Å². The lowest BCUT2D eigenvalue weighted by molar-refractivity contribution is 0.629. The first-order chi connectivity index (χ1) is 11.3. The number of nitrogens with zero attached hydrogens (tertiary/aromatic N) is 3. The van der Waals surface area contributed by atoms with Gasteiger partial charge in [-0.25, -0.2) is 9.07 Å². The number of hydrogen-bond acceptors (Lipinski definition) is 3. The molecule has 23 heavy (non-hydrogen) atoms. The van der Waals surface area contributed by atoms with E-state index in [9.17, 15) is 4.39 Å². The van der Waals surface area contributed by atoms with Crippen LogP contribution in [0.3, 0.4) is 0 Å². The fraction of sp³-hybridized carbons (Fsp3) is 0.444. The van der Waals surface area contributed by atoms with Gasteiger partial charge >= 0.3 is 0 Å². The number of aromatic nitrogens is 1. The van der Waals surface area contributed by atoms with Crippen molar-refractivity contribution >= 4 is 17.0 Å². The lowest BCUT2D eigenvalue weighted by atomic mass is 10.1. The van der Waals surface area contributed by atoms with Crippen molar-refractivity contribution in [2.24, 2.45) is 10.1 Å². The van der Waals surface area contributed by atoms with E-state index in [0.717, 1.165) is 23.3 Å². The molecule has 0 amide bonds. The highest BCUT2D eigenvalue weighted by atomic mass is 32.1. The van der Waals surface area contributed by atoms with Gasteiger partial charge in [0.1, 0.15) is 5.82 Å². The molecular formula is C18H22FN3S. The smallest absolute Gasteiger partial charge is 0.206 e. The number of halogens is 1. The summed E-state index contributed by atoms with van der Waals surface area (Å²) in [6, 6.07) is 6.86. The van der Waals surface area contributed by atoms with E-state index >= 15 is 0 Å². The third kappa shape index (κ3) is 3.78. The number of benzene rings is 1. The van der Waals surface area contributed by atoms with Crippen LogP contribution in [0.15, 0.2) is 39.7 Å². The zero-order chi connectivity index (χ0) is 16.1. The van der Waals surface area contributed by atoms with Crippen LogP contribution in [0.5, 0.6) is 0 Å². The average molecular weight is 331 g/mol. The molecule has 1 aliphatic rings. The van der Waals surface area contributed by atoms with Gasteiger partial charge in [0.25, 0.3) is 0 Å². The molecule has 2 aromatic rings. The first-order valence-corrected chi connectivity index (χ1v) is 9.20. The highest BCUT2D eigenvalue weighted by Crippen LogP contribution is 2.24. The summed E-state index contributed by atoms with van der Waals surface area (Å²) in [6.07, 6.45) is 7.01. The maximum Gasteiger partial charge on any atom is 0.206 e. The van der Waals surface area contributed by atoms with Gasteiger partial charge in [-0.2, -0.15) is 5.10 Å². The van der Waals surface area contributed by atoms with Crippen LogP contribution < -0.4 is 4.80 Å². The minimum Gasteiger partial charge on any atom is -0.258 e. The van der Waals surface area contributed by atoms with Crippen LogP contribution in [0, 0.1) is 5.82 Å². The van der Waals surface area contributed by atoms with E-state index in [4.69, 9.17) is 5.10 Å². The summed E-state index contributed by atoms with van der Waals surface area (Å²) in [5, 5.41) is 6.81. The van der Waals surface area contributed by atoms with E-state index in [2.05, 4.69) is 4.99 Å². The van der Waals surface area contributed by atoms with E-state index in [1.54, 1.807) is 12.1 Å². The second kappa shape index (κ2) is 7.68. The van der Waals surface area contributed by atoms with Crippen LogP contribution in [0.1, 0.15) is 45.4 Å². The highest BCUT2D eigenvalue weighted by Gasteiger charge is 2.13. The molecule has 1 aromatic carbocycles. The van der Waals surface area contributed by atoms with Crippen molar-refractivity contribution in [1.82, 2.24) is 4.68 Å². The summed E-state index contributed by atoms with van der Waals surface area (Å²) in [4.78, 5) is 5.36. The van der Waals surface area contributed by atoms with Crippen LogP contribution in [-0.2, 0) is 0 Å². The van der Waals surface area contributed by atoms with Crippen molar-refractivity contribution in [3.8, 4) is 11.3 Å². The van der Waals surface area contributed by atoms with Crippen molar-refractivity contribution in [3.05, 3.63) is 40.3 Å². The molecule has 0 unspecified atom stereocenters. The lowest BCUT2D eigenvalue weighted by Crippen LogP contribution is -2.15. The average Bonchev–Trinajstić information content (AvgIpc) is 2.77. The van der Waals surface area contributed by atoms with Gasteiger partial charge < -0.3 is 0 Å². The van der Waals surface area contributed by atoms with Crippen molar-refractivity contribution < 1.29 is 4.39 Å². The van der Waals surface area contributed by atoms with Gasteiger partial charge in [0, 0.05) is 23.2 Å². The molecule has 0 N–H and O–H groups in total. The molecule has 0 atom stereocenters. The number of hydrogen-bond donors (Lipinski definition) is 0. The first kappa shape index (κ1) is 16.1. The summed E-state index contributed by atoms with van der Waals surface area (Å²) < 4.78 is 16.0. The van der Waals surface area contributed by atoms with Gasteiger partial charge in [-0.3, -0.25) is 4.99 Å². The van der Waals surface area contributed by atoms with E-state index in [0.29, 0.717) is 12.1 Å². The molecule has 5 heteroatoms. The maximum absolute atomic E-state index is 14.2. The zero-order valence-electron chi connectivity index (χ0n) is 13.5. The Labute approximate surface area is 140 Å². The molecule has 1 heterocycles. The molecule has 1 aliphatic carbocycles. The Morgan fingerprint density at radius 1 is 1.13 bits per heavy atom. The second-order valence-electron chi connectivity index (χ2n) is 5.75. The Bertz CT molecular complexity index is 748. The van der Waals surface area contributed by atoms with Gasteiger partial charge in [-0.05, 0) is 44.7 Å². The molecule has 3 nitrogen and oxygen atoms in total. The molecule has 0 saturated heterocycles. The Morgan fingerprint density at radius 3 is 2.57 bits per heavy atom.